The van der Waals surface area contributed by atoms with Gasteiger partial charge in [0.2, 0.25) is 0 Å². The van der Waals surface area contributed by atoms with Crippen molar-refractivity contribution in [1.82, 2.24) is 5.32 Å². The van der Waals surface area contributed by atoms with Gasteiger partial charge in [0.15, 0.2) is 0 Å². The zero-order valence-electron chi connectivity index (χ0n) is 10.2. The number of carbonyl (C=O) groups excluding carboxylic acids is 1. The Balaban J connectivity index is 1.71. The highest BCUT2D eigenvalue weighted by atomic mass is 19.1. The van der Waals surface area contributed by atoms with E-state index in [0.29, 0.717) is 11.6 Å². The van der Waals surface area contributed by atoms with Crippen LogP contribution in [0.4, 0.5) is 10.1 Å². The summed E-state index contributed by atoms with van der Waals surface area (Å²) in [7, 11) is 0. The van der Waals surface area contributed by atoms with E-state index in [1.54, 1.807) is 6.07 Å². The molecular weight excluding hydrogens is 231 g/mol. The number of rotatable bonds is 2. The van der Waals surface area contributed by atoms with E-state index in [4.69, 9.17) is 5.73 Å². The summed E-state index contributed by atoms with van der Waals surface area (Å²) < 4.78 is 13.6. The summed E-state index contributed by atoms with van der Waals surface area (Å²) in [6.45, 7) is 0. The third-order valence-corrected chi connectivity index (χ3v) is 4.29. The monoisotopic (exact) mass is 248 g/mol. The molecule has 2 fully saturated rings. The van der Waals surface area contributed by atoms with Gasteiger partial charge in [-0.2, -0.15) is 0 Å². The summed E-state index contributed by atoms with van der Waals surface area (Å²) in [6.07, 6.45) is 4.75. The molecule has 1 aromatic rings. The van der Waals surface area contributed by atoms with E-state index in [0.717, 1.165) is 12.3 Å². The number of nitrogens with two attached hydrogens (primary N) is 1. The van der Waals surface area contributed by atoms with E-state index in [9.17, 15) is 9.18 Å². The van der Waals surface area contributed by atoms with Crippen LogP contribution in [0, 0.1) is 17.7 Å². The fraction of sp³-hybridized carbons (Fsp3) is 0.500. The zero-order chi connectivity index (χ0) is 12.7. The van der Waals surface area contributed by atoms with Crippen molar-refractivity contribution in [2.45, 2.75) is 31.7 Å². The quantitative estimate of drug-likeness (QED) is 0.789. The molecule has 18 heavy (non-hydrogen) atoms. The highest BCUT2D eigenvalue weighted by molar-refractivity contribution is 5.95. The standard InChI is InChI=1S/C14H17FN2O/c15-12-7-10(16)3-4-11(12)14(18)17-13-6-8-1-2-9(13)5-8/h3-4,7-9,13H,1-2,5-6,16H2,(H,17,18). The van der Waals surface area contributed by atoms with Gasteiger partial charge in [0.25, 0.3) is 5.91 Å². The number of nitrogens with one attached hydrogen (secondary N) is 1. The van der Waals surface area contributed by atoms with E-state index in [2.05, 4.69) is 5.32 Å². The topological polar surface area (TPSA) is 55.1 Å². The lowest BCUT2D eigenvalue weighted by Crippen LogP contribution is -2.38. The van der Waals surface area contributed by atoms with E-state index >= 15 is 0 Å². The Morgan fingerprint density at radius 2 is 2.17 bits per heavy atom. The lowest BCUT2D eigenvalue weighted by molar-refractivity contribution is 0.0919. The second kappa shape index (κ2) is 4.26. The highest BCUT2D eigenvalue weighted by Gasteiger charge is 2.40. The van der Waals surface area contributed by atoms with Gasteiger partial charge in [0.1, 0.15) is 5.82 Å². The van der Waals surface area contributed by atoms with E-state index < -0.39 is 5.82 Å². The second-order valence-corrected chi connectivity index (χ2v) is 5.49. The molecule has 2 saturated carbocycles. The van der Waals surface area contributed by atoms with Crippen molar-refractivity contribution in [2.75, 3.05) is 5.73 Å². The third-order valence-electron chi connectivity index (χ3n) is 4.29. The van der Waals surface area contributed by atoms with Gasteiger partial charge in [-0.05, 0) is 49.3 Å². The first-order chi connectivity index (χ1) is 8.63. The summed E-state index contributed by atoms with van der Waals surface area (Å²) in [6, 6.07) is 4.43. The average molecular weight is 248 g/mol. The first kappa shape index (κ1) is 11.5. The molecule has 0 aliphatic heterocycles. The first-order valence-corrected chi connectivity index (χ1v) is 6.49. The number of benzene rings is 1. The molecule has 96 valence electrons. The van der Waals surface area contributed by atoms with Crippen LogP contribution in [0.3, 0.4) is 0 Å². The van der Waals surface area contributed by atoms with Crippen LogP contribution in [0.1, 0.15) is 36.0 Å². The molecule has 0 spiro atoms. The highest BCUT2D eigenvalue weighted by Crippen LogP contribution is 2.44. The molecule has 0 saturated heterocycles. The van der Waals surface area contributed by atoms with E-state index in [-0.39, 0.29) is 17.5 Å². The number of amides is 1. The van der Waals surface area contributed by atoms with Crippen LogP contribution < -0.4 is 11.1 Å². The maximum Gasteiger partial charge on any atom is 0.254 e. The largest absolute Gasteiger partial charge is 0.399 e. The molecule has 3 N–H and O–H groups in total. The summed E-state index contributed by atoms with van der Waals surface area (Å²) in [4.78, 5) is 12.0. The second-order valence-electron chi connectivity index (χ2n) is 5.49. The van der Waals surface area contributed by atoms with Crippen LogP contribution in [-0.2, 0) is 0 Å². The number of hydrogen-bond donors (Lipinski definition) is 2. The maximum absolute atomic E-state index is 13.6. The van der Waals surface area contributed by atoms with E-state index in [1.807, 2.05) is 0 Å². The number of nitrogen functional groups attached to an aromatic ring is 1. The minimum atomic E-state index is -0.546. The van der Waals surface area contributed by atoms with Crippen molar-refractivity contribution in [2.24, 2.45) is 11.8 Å². The van der Waals surface area contributed by atoms with Crippen LogP contribution >= 0.6 is 0 Å². The van der Waals surface area contributed by atoms with Crippen molar-refractivity contribution in [3.8, 4) is 0 Å². The molecule has 3 nitrogen and oxygen atoms in total. The first-order valence-electron chi connectivity index (χ1n) is 6.49. The fourth-order valence-electron chi connectivity index (χ4n) is 3.38. The Kier molecular flexibility index (Phi) is 2.73. The molecule has 0 radical (unpaired) electrons. The number of halogens is 1. The van der Waals surface area contributed by atoms with Gasteiger partial charge in [-0.25, -0.2) is 4.39 Å². The summed E-state index contributed by atoms with van der Waals surface area (Å²) in [5.74, 6) is 0.494. The Morgan fingerprint density at radius 3 is 2.78 bits per heavy atom. The summed E-state index contributed by atoms with van der Waals surface area (Å²) in [5.41, 5.74) is 5.90. The molecule has 1 aromatic carbocycles. The van der Waals surface area contributed by atoms with Crippen LogP contribution in [0.5, 0.6) is 0 Å². The summed E-state index contributed by atoms with van der Waals surface area (Å²) in [5, 5.41) is 2.97. The Hall–Kier alpha value is -1.58. The van der Waals surface area contributed by atoms with Crippen LogP contribution in [-0.4, -0.2) is 11.9 Å². The number of anilines is 1. The molecular formula is C14H17FN2O. The predicted octanol–water partition coefficient (Wildman–Crippen LogP) is 2.33. The lowest BCUT2D eigenvalue weighted by atomic mass is 9.95. The van der Waals surface area contributed by atoms with Gasteiger partial charge in [-0.15, -0.1) is 0 Å². The number of carbonyl (C=O) groups is 1. The molecule has 3 unspecified atom stereocenters. The molecule has 3 atom stereocenters. The van der Waals surface area contributed by atoms with Gasteiger partial charge >= 0.3 is 0 Å². The molecule has 0 heterocycles. The van der Waals surface area contributed by atoms with Crippen LogP contribution in [0.15, 0.2) is 18.2 Å². The molecule has 2 aliphatic rings. The Labute approximate surface area is 106 Å². The molecule has 2 bridgehead atoms. The Morgan fingerprint density at radius 1 is 1.33 bits per heavy atom. The lowest BCUT2D eigenvalue weighted by Gasteiger charge is -2.23. The van der Waals surface area contributed by atoms with Gasteiger partial charge in [0, 0.05) is 11.7 Å². The molecule has 3 rings (SSSR count). The van der Waals surface area contributed by atoms with Gasteiger partial charge in [-0.3, -0.25) is 4.79 Å². The van der Waals surface area contributed by atoms with Crippen molar-refractivity contribution in [3.63, 3.8) is 0 Å². The normalized spacial score (nSPS) is 29.5. The van der Waals surface area contributed by atoms with Crippen LogP contribution in [0.2, 0.25) is 0 Å². The Bertz CT molecular complexity index is 489. The molecule has 4 heteroatoms. The molecule has 0 aromatic heterocycles. The minimum Gasteiger partial charge on any atom is -0.399 e. The SMILES string of the molecule is Nc1ccc(C(=O)NC2CC3CCC2C3)c(F)c1. The minimum absolute atomic E-state index is 0.0898. The average Bonchev–Trinajstić information content (AvgIpc) is 2.90. The van der Waals surface area contributed by atoms with E-state index in [1.165, 1.54) is 31.4 Å². The molecule has 1 amide bonds. The van der Waals surface area contributed by atoms with Gasteiger partial charge in [0.05, 0.1) is 5.56 Å². The number of fused-ring (bicyclic) bond motifs is 2. The van der Waals surface area contributed by atoms with Crippen molar-refractivity contribution in [1.29, 1.82) is 0 Å². The van der Waals surface area contributed by atoms with Crippen molar-refractivity contribution < 1.29 is 9.18 Å². The van der Waals surface area contributed by atoms with Crippen LogP contribution in [0.25, 0.3) is 0 Å². The van der Waals surface area contributed by atoms with Gasteiger partial charge in [-0.1, -0.05) is 6.42 Å². The smallest absolute Gasteiger partial charge is 0.254 e. The predicted molar refractivity (Wildman–Crippen MR) is 67.5 cm³/mol. The van der Waals surface area contributed by atoms with Gasteiger partial charge < -0.3 is 11.1 Å². The molecule has 2 aliphatic carbocycles. The zero-order valence-corrected chi connectivity index (χ0v) is 10.2. The maximum atomic E-state index is 13.6. The fourth-order valence-corrected chi connectivity index (χ4v) is 3.38. The summed E-state index contributed by atoms with van der Waals surface area (Å²) >= 11 is 0. The van der Waals surface area contributed by atoms with Crippen molar-refractivity contribution in [3.05, 3.63) is 29.6 Å². The third kappa shape index (κ3) is 1.96. The van der Waals surface area contributed by atoms with Crippen molar-refractivity contribution >= 4 is 11.6 Å². The number of hydrogen-bond acceptors (Lipinski definition) is 2.